The number of unbranched alkanes of at least 4 members (excludes halogenated alkanes) is 1. The lowest BCUT2D eigenvalue weighted by Gasteiger charge is -2.34. The number of hydrogen-bond donors (Lipinski definition) is 0. The van der Waals surface area contributed by atoms with Gasteiger partial charge in [0.1, 0.15) is 5.75 Å². The Labute approximate surface area is 139 Å². The zero-order valence-corrected chi connectivity index (χ0v) is 13.7. The molecule has 0 spiro atoms. The van der Waals surface area contributed by atoms with Crippen molar-refractivity contribution in [3.8, 4) is 5.75 Å². The standard InChI is InChI=1S/C18H23F5O/c1-2-3-12-24-16-10-6-14(7-11-16)13-4-8-15(9-5-13)17(19,20)18(21,22)23/h6-7,10-11,13,15H,2-5,8-9,12H2,1H3. The van der Waals surface area contributed by atoms with Crippen molar-refractivity contribution >= 4 is 0 Å². The predicted octanol–water partition coefficient (Wildman–Crippen LogP) is 6.34. The van der Waals surface area contributed by atoms with Gasteiger partial charge in [0.2, 0.25) is 0 Å². The molecule has 0 saturated heterocycles. The Hall–Kier alpha value is -1.33. The molecule has 0 atom stereocenters. The van der Waals surface area contributed by atoms with Gasteiger partial charge in [0.25, 0.3) is 0 Å². The van der Waals surface area contributed by atoms with E-state index in [1.807, 2.05) is 24.3 Å². The molecule has 1 aliphatic rings. The molecule has 1 saturated carbocycles. The molecule has 0 amide bonds. The Morgan fingerprint density at radius 3 is 2.04 bits per heavy atom. The molecule has 0 heterocycles. The summed E-state index contributed by atoms with van der Waals surface area (Å²) in [7, 11) is 0. The van der Waals surface area contributed by atoms with Crippen molar-refractivity contribution in [3.63, 3.8) is 0 Å². The van der Waals surface area contributed by atoms with E-state index in [-0.39, 0.29) is 18.8 Å². The smallest absolute Gasteiger partial charge is 0.453 e. The van der Waals surface area contributed by atoms with E-state index < -0.39 is 18.0 Å². The zero-order valence-electron chi connectivity index (χ0n) is 13.7. The fraction of sp³-hybridized carbons (Fsp3) is 0.667. The molecule has 1 aromatic carbocycles. The third-order valence-electron chi connectivity index (χ3n) is 4.74. The van der Waals surface area contributed by atoms with Gasteiger partial charge >= 0.3 is 12.1 Å². The Bertz CT molecular complexity index is 501. The van der Waals surface area contributed by atoms with Crippen molar-refractivity contribution in [2.75, 3.05) is 6.61 Å². The van der Waals surface area contributed by atoms with Crippen molar-refractivity contribution in [2.45, 2.75) is 63.5 Å². The number of halogens is 5. The van der Waals surface area contributed by atoms with Crippen molar-refractivity contribution in [1.82, 2.24) is 0 Å². The fourth-order valence-corrected chi connectivity index (χ4v) is 3.19. The highest BCUT2D eigenvalue weighted by Gasteiger charge is 2.62. The number of alkyl halides is 5. The summed E-state index contributed by atoms with van der Waals surface area (Å²) in [5, 5.41) is 0. The van der Waals surface area contributed by atoms with E-state index in [2.05, 4.69) is 6.92 Å². The summed E-state index contributed by atoms with van der Waals surface area (Å²) in [4.78, 5) is 0. The van der Waals surface area contributed by atoms with Crippen LogP contribution < -0.4 is 4.74 Å². The molecule has 1 aromatic rings. The Kier molecular flexibility index (Phi) is 6.10. The van der Waals surface area contributed by atoms with Gasteiger partial charge < -0.3 is 4.74 Å². The van der Waals surface area contributed by atoms with Gasteiger partial charge in [-0.2, -0.15) is 22.0 Å². The van der Waals surface area contributed by atoms with Crippen LogP contribution >= 0.6 is 0 Å². The molecule has 1 aliphatic carbocycles. The van der Waals surface area contributed by atoms with Crippen LogP contribution in [0.3, 0.4) is 0 Å². The number of hydrogen-bond acceptors (Lipinski definition) is 1. The maximum atomic E-state index is 13.4. The molecular formula is C18H23F5O. The fourth-order valence-electron chi connectivity index (χ4n) is 3.19. The molecule has 0 N–H and O–H groups in total. The van der Waals surface area contributed by atoms with Gasteiger partial charge in [-0.05, 0) is 55.7 Å². The first-order valence-electron chi connectivity index (χ1n) is 8.43. The molecule has 2 rings (SSSR count). The number of rotatable bonds is 6. The Morgan fingerprint density at radius 1 is 0.958 bits per heavy atom. The van der Waals surface area contributed by atoms with Crippen LogP contribution in [0.2, 0.25) is 0 Å². The van der Waals surface area contributed by atoms with Crippen LogP contribution in [0.15, 0.2) is 24.3 Å². The first-order chi connectivity index (χ1) is 11.3. The molecule has 136 valence electrons. The van der Waals surface area contributed by atoms with E-state index in [0.717, 1.165) is 24.2 Å². The Morgan fingerprint density at radius 2 is 1.54 bits per heavy atom. The van der Waals surface area contributed by atoms with E-state index in [0.29, 0.717) is 19.4 Å². The highest BCUT2D eigenvalue weighted by Crippen LogP contribution is 2.49. The van der Waals surface area contributed by atoms with Gasteiger partial charge in [-0.3, -0.25) is 0 Å². The number of benzene rings is 1. The van der Waals surface area contributed by atoms with E-state index in [4.69, 9.17) is 4.74 Å². The first-order valence-corrected chi connectivity index (χ1v) is 8.43. The predicted molar refractivity (Wildman–Crippen MR) is 82.5 cm³/mol. The van der Waals surface area contributed by atoms with Gasteiger partial charge in [-0.1, -0.05) is 25.5 Å². The van der Waals surface area contributed by atoms with E-state index >= 15 is 0 Å². The lowest BCUT2D eigenvalue weighted by molar-refractivity contribution is -0.305. The van der Waals surface area contributed by atoms with Gasteiger partial charge in [0, 0.05) is 5.92 Å². The normalized spacial score (nSPS) is 22.4. The van der Waals surface area contributed by atoms with Gasteiger partial charge in [-0.25, -0.2) is 0 Å². The molecule has 0 bridgehead atoms. The topological polar surface area (TPSA) is 9.23 Å². The number of ether oxygens (including phenoxy) is 1. The average molecular weight is 350 g/mol. The van der Waals surface area contributed by atoms with Crippen LogP contribution in [0.5, 0.6) is 5.75 Å². The molecule has 1 nitrogen and oxygen atoms in total. The van der Waals surface area contributed by atoms with Gasteiger partial charge in [-0.15, -0.1) is 0 Å². The summed E-state index contributed by atoms with van der Waals surface area (Å²) in [6.07, 6.45) is -2.94. The summed E-state index contributed by atoms with van der Waals surface area (Å²) in [5.74, 6) is -5.40. The summed E-state index contributed by atoms with van der Waals surface area (Å²) < 4.78 is 69.7. The van der Waals surface area contributed by atoms with Crippen LogP contribution in [-0.2, 0) is 0 Å². The monoisotopic (exact) mass is 350 g/mol. The summed E-state index contributed by atoms with van der Waals surface area (Å²) >= 11 is 0. The second-order valence-corrected chi connectivity index (χ2v) is 6.44. The van der Waals surface area contributed by atoms with Crippen molar-refractivity contribution < 1.29 is 26.7 Å². The van der Waals surface area contributed by atoms with Crippen molar-refractivity contribution in [2.24, 2.45) is 5.92 Å². The van der Waals surface area contributed by atoms with Crippen LogP contribution in [0.1, 0.15) is 56.9 Å². The highest BCUT2D eigenvalue weighted by atomic mass is 19.4. The zero-order chi connectivity index (χ0) is 17.8. The quantitative estimate of drug-likeness (QED) is 0.430. The lowest BCUT2D eigenvalue weighted by Crippen LogP contribution is -2.44. The van der Waals surface area contributed by atoms with E-state index in [1.54, 1.807) is 0 Å². The molecule has 1 fully saturated rings. The van der Waals surface area contributed by atoms with Crippen molar-refractivity contribution in [1.29, 1.82) is 0 Å². The Balaban J connectivity index is 1.90. The average Bonchev–Trinajstić information content (AvgIpc) is 2.55. The molecular weight excluding hydrogens is 327 g/mol. The molecule has 0 aromatic heterocycles. The van der Waals surface area contributed by atoms with Crippen molar-refractivity contribution in [3.05, 3.63) is 29.8 Å². The second kappa shape index (κ2) is 7.70. The molecule has 0 aliphatic heterocycles. The van der Waals surface area contributed by atoms with Crippen LogP contribution in [-0.4, -0.2) is 18.7 Å². The van der Waals surface area contributed by atoms with Crippen LogP contribution in [0, 0.1) is 5.92 Å². The largest absolute Gasteiger partial charge is 0.494 e. The summed E-state index contributed by atoms with van der Waals surface area (Å²) in [6, 6.07) is 7.44. The minimum absolute atomic E-state index is 0.0370. The molecule has 0 unspecified atom stereocenters. The third kappa shape index (κ3) is 4.39. The third-order valence-corrected chi connectivity index (χ3v) is 4.74. The van der Waals surface area contributed by atoms with Crippen LogP contribution in [0.4, 0.5) is 22.0 Å². The SMILES string of the molecule is CCCCOc1ccc(C2CCC(C(F)(F)C(F)(F)F)CC2)cc1. The molecule has 24 heavy (non-hydrogen) atoms. The maximum absolute atomic E-state index is 13.4. The summed E-state index contributed by atoms with van der Waals surface area (Å²) in [6.45, 7) is 2.72. The summed E-state index contributed by atoms with van der Waals surface area (Å²) in [5.41, 5.74) is 0.978. The van der Waals surface area contributed by atoms with E-state index in [9.17, 15) is 22.0 Å². The van der Waals surface area contributed by atoms with Gasteiger partial charge in [0.15, 0.2) is 0 Å². The molecule has 0 radical (unpaired) electrons. The molecule has 6 heteroatoms. The maximum Gasteiger partial charge on any atom is 0.453 e. The van der Waals surface area contributed by atoms with E-state index in [1.165, 1.54) is 0 Å². The van der Waals surface area contributed by atoms with Gasteiger partial charge in [0.05, 0.1) is 6.61 Å². The van der Waals surface area contributed by atoms with Crippen LogP contribution in [0.25, 0.3) is 0 Å². The minimum atomic E-state index is -5.46. The second-order valence-electron chi connectivity index (χ2n) is 6.44. The lowest BCUT2D eigenvalue weighted by atomic mass is 9.76. The minimum Gasteiger partial charge on any atom is -0.494 e. The highest BCUT2D eigenvalue weighted by molar-refractivity contribution is 5.29. The first kappa shape index (κ1) is 19.0.